The molecule has 0 saturated heterocycles. The van der Waals surface area contributed by atoms with E-state index in [1.165, 1.54) is 18.5 Å². The van der Waals surface area contributed by atoms with Gasteiger partial charge in [0.1, 0.15) is 12.0 Å². The van der Waals surface area contributed by atoms with E-state index in [0.717, 1.165) is 17.7 Å². The van der Waals surface area contributed by atoms with Crippen LogP contribution in [-0.4, -0.2) is 17.0 Å². The summed E-state index contributed by atoms with van der Waals surface area (Å²) < 4.78 is 38.6. The number of nitrogens with two attached hydrogens (primary N) is 1. The fourth-order valence-electron chi connectivity index (χ4n) is 2.63. The molecule has 0 bridgehead atoms. The normalized spacial score (nSPS) is 11.3. The van der Waals surface area contributed by atoms with Crippen molar-refractivity contribution in [2.75, 3.05) is 23.0 Å². The van der Waals surface area contributed by atoms with Gasteiger partial charge in [-0.15, -0.1) is 0 Å². The Hall–Kier alpha value is -3.29. The van der Waals surface area contributed by atoms with E-state index in [1.54, 1.807) is 0 Å². The topological polar surface area (TPSA) is 67.1 Å². The summed E-state index contributed by atoms with van der Waals surface area (Å²) in [6, 6.07) is 14.6. The number of alkyl halides is 3. The van der Waals surface area contributed by atoms with E-state index in [4.69, 9.17) is 5.73 Å². The van der Waals surface area contributed by atoms with Gasteiger partial charge < -0.3 is 16.0 Å². The van der Waals surface area contributed by atoms with E-state index in [0.29, 0.717) is 12.4 Å². The van der Waals surface area contributed by atoms with Crippen LogP contribution in [0.3, 0.4) is 0 Å². The van der Waals surface area contributed by atoms with E-state index in [9.17, 15) is 13.2 Å². The molecule has 0 spiro atoms. The second-order valence-electron chi connectivity index (χ2n) is 6.00. The first-order chi connectivity index (χ1) is 12.8. The van der Waals surface area contributed by atoms with Gasteiger partial charge in [-0.3, -0.25) is 0 Å². The van der Waals surface area contributed by atoms with Gasteiger partial charge in [-0.05, 0) is 23.8 Å². The predicted molar refractivity (Wildman–Crippen MR) is 99.7 cm³/mol. The number of hydrogen-bond acceptors (Lipinski definition) is 5. The molecule has 1 heterocycles. The molecule has 3 N–H and O–H groups in total. The Labute approximate surface area is 154 Å². The quantitative estimate of drug-likeness (QED) is 0.691. The third-order valence-electron chi connectivity index (χ3n) is 3.94. The van der Waals surface area contributed by atoms with Crippen LogP contribution in [0.15, 0.2) is 60.9 Å². The van der Waals surface area contributed by atoms with E-state index < -0.39 is 11.7 Å². The average molecular weight is 373 g/mol. The van der Waals surface area contributed by atoms with Crippen molar-refractivity contribution < 1.29 is 13.2 Å². The van der Waals surface area contributed by atoms with Crippen molar-refractivity contribution in [3.63, 3.8) is 0 Å². The van der Waals surface area contributed by atoms with Crippen LogP contribution in [0.4, 0.5) is 36.2 Å². The molecule has 3 aromatic rings. The van der Waals surface area contributed by atoms with Gasteiger partial charge in [-0.25, -0.2) is 9.97 Å². The van der Waals surface area contributed by atoms with Crippen LogP contribution in [0.1, 0.15) is 11.1 Å². The highest BCUT2D eigenvalue weighted by Gasteiger charge is 2.30. The van der Waals surface area contributed by atoms with E-state index in [2.05, 4.69) is 15.3 Å². The number of aromatic nitrogens is 2. The molecule has 3 rings (SSSR count). The van der Waals surface area contributed by atoms with Crippen LogP contribution in [-0.2, 0) is 12.7 Å². The zero-order valence-electron chi connectivity index (χ0n) is 14.5. The number of hydrogen-bond donors (Lipinski definition) is 2. The minimum Gasteiger partial charge on any atom is -0.393 e. The number of benzene rings is 2. The van der Waals surface area contributed by atoms with Crippen molar-refractivity contribution in [3.05, 3.63) is 72.1 Å². The second-order valence-corrected chi connectivity index (χ2v) is 6.00. The summed E-state index contributed by atoms with van der Waals surface area (Å²) in [6.07, 6.45) is -3.10. The van der Waals surface area contributed by atoms with Crippen LogP contribution >= 0.6 is 0 Å². The van der Waals surface area contributed by atoms with Gasteiger partial charge in [0.25, 0.3) is 0 Å². The lowest BCUT2D eigenvalue weighted by molar-refractivity contribution is -0.137. The summed E-state index contributed by atoms with van der Waals surface area (Å²) in [5.41, 5.74) is 6.98. The smallest absolute Gasteiger partial charge is 0.393 e. The molecule has 0 aliphatic rings. The number of nitrogens with zero attached hydrogens (tertiary/aromatic N) is 3. The molecule has 2 aromatic carbocycles. The highest BCUT2D eigenvalue weighted by atomic mass is 19.4. The molecule has 5 nitrogen and oxygen atoms in total. The van der Waals surface area contributed by atoms with Crippen molar-refractivity contribution in [3.8, 4) is 0 Å². The SMILES string of the molecule is CN(Cc1ccccc1)c1ncnc(Nc2cccc(C(F)(F)F)c2)c1N. The fraction of sp³-hybridized carbons (Fsp3) is 0.158. The van der Waals surface area contributed by atoms with Gasteiger partial charge >= 0.3 is 6.18 Å². The first kappa shape index (κ1) is 18.5. The van der Waals surface area contributed by atoms with Crippen LogP contribution in [0.5, 0.6) is 0 Å². The van der Waals surface area contributed by atoms with Crippen molar-refractivity contribution in [1.82, 2.24) is 9.97 Å². The molecular formula is C19H18F3N5. The number of halogens is 3. The van der Waals surface area contributed by atoms with Crippen molar-refractivity contribution in [2.45, 2.75) is 12.7 Å². The fourth-order valence-corrected chi connectivity index (χ4v) is 2.63. The van der Waals surface area contributed by atoms with Gasteiger partial charge in [-0.2, -0.15) is 13.2 Å². The minimum absolute atomic E-state index is 0.242. The zero-order valence-corrected chi connectivity index (χ0v) is 14.5. The Balaban J connectivity index is 1.83. The maximum Gasteiger partial charge on any atom is 0.416 e. The molecule has 0 unspecified atom stereocenters. The summed E-state index contributed by atoms with van der Waals surface area (Å²) in [4.78, 5) is 10.1. The van der Waals surface area contributed by atoms with Gasteiger partial charge in [0.05, 0.1) is 5.56 Å². The van der Waals surface area contributed by atoms with Gasteiger partial charge in [0.2, 0.25) is 0 Å². The molecule has 8 heteroatoms. The van der Waals surface area contributed by atoms with Crippen molar-refractivity contribution >= 4 is 23.0 Å². The molecule has 0 amide bonds. The maximum absolute atomic E-state index is 12.9. The average Bonchev–Trinajstić information content (AvgIpc) is 2.64. The van der Waals surface area contributed by atoms with Crippen LogP contribution in [0.25, 0.3) is 0 Å². The Kier molecular flexibility index (Phi) is 5.16. The van der Waals surface area contributed by atoms with Crippen molar-refractivity contribution in [1.29, 1.82) is 0 Å². The molecule has 0 aliphatic carbocycles. The Bertz CT molecular complexity index is 913. The minimum atomic E-state index is -4.42. The van der Waals surface area contributed by atoms with Gasteiger partial charge in [0.15, 0.2) is 11.6 Å². The number of anilines is 4. The molecule has 0 aliphatic heterocycles. The maximum atomic E-state index is 12.9. The lowest BCUT2D eigenvalue weighted by atomic mass is 10.2. The second kappa shape index (κ2) is 7.53. The first-order valence-electron chi connectivity index (χ1n) is 8.14. The summed E-state index contributed by atoms with van der Waals surface area (Å²) >= 11 is 0. The predicted octanol–water partition coefficient (Wildman–Crippen LogP) is 4.46. The molecular weight excluding hydrogens is 355 g/mol. The number of nitrogen functional groups attached to an aromatic ring is 1. The Morgan fingerprint density at radius 3 is 2.48 bits per heavy atom. The van der Waals surface area contributed by atoms with Crippen LogP contribution in [0.2, 0.25) is 0 Å². The molecule has 0 saturated carbocycles. The standard InChI is InChI=1S/C19H18F3N5/c1-27(11-13-6-3-2-4-7-13)18-16(23)17(24-12-25-18)26-15-9-5-8-14(10-15)19(20,21)22/h2-10,12H,11,23H2,1H3,(H,24,25,26). The number of rotatable bonds is 5. The highest BCUT2D eigenvalue weighted by molar-refractivity contribution is 5.78. The Morgan fingerprint density at radius 1 is 1.04 bits per heavy atom. The van der Waals surface area contributed by atoms with Crippen LogP contribution in [0, 0.1) is 0 Å². The highest BCUT2D eigenvalue weighted by Crippen LogP contribution is 2.33. The van der Waals surface area contributed by atoms with Crippen LogP contribution < -0.4 is 16.0 Å². The van der Waals surface area contributed by atoms with E-state index in [1.807, 2.05) is 42.3 Å². The number of nitrogens with one attached hydrogen (secondary N) is 1. The monoisotopic (exact) mass is 373 g/mol. The molecule has 140 valence electrons. The zero-order chi connectivity index (χ0) is 19.4. The third-order valence-corrected chi connectivity index (χ3v) is 3.94. The first-order valence-corrected chi connectivity index (χ1v) is 8.14. The summed E-state index contributed by atoms with van der Waals surface area (Å²) in [5, 5.41) is 2.84. The lowest BCUT2D eigenvalue weighted by Gasteiger charge is -2.21. The van der Waals surface area contributed by atoms with Gasteiger partial charge in [-0.1, -0.05) is 36.4 Å². The summed E-state index contributed by atoms with van der Waals surface area (Å²) in [7, 11) is 1.83. The molecule has 27 heavy (non-hydrogen) atoms. The summed E-state index contributed by atoms with van der Waals surface area (Å²) in [6.45, 7) is 0.574. The molecule has 0 atom stereocenters. The Morgan fingerprint density at radius 2 is 1.78 bits per heavy atom. The lowest BCUT2D eigenvalue weighted by Crippen LogP contribution is -2.20. The van der Waals surface area contributed by atoms with Crippen molar-refractivity contribution in [2.24, 2.45) is 0 Å². The summed E-state index contributed by atoms with van der Waals surface area (Å²) in [5.74, 6) is 0.738. The van der Waals surface area contributed by atoms with E-state index in [-0.39, 0.29) is 17.2 Å². The van der Waals surface area contributed by atoms with E-state index >= 15 is 0 Å². The molecule has 0 fully saturated rings. The van der Waals surface area contributed by atoms with Gasteiger partial charge in [0, 0.05) is 19.3 Å². The molecule has 0 radical (unpaired) electrons. The third kappa shape index (κ3) is 4.46. The molecule has 1 aromatic heterocycles. The largest absolute Gasteiger partial charge is 0.416 e.